The molecule has 2 fully saturated rings. The maximum absolute atomic E-state index is 10.9. The first-order valence-corrected chi connectivity index (χ1v) is 7.78. The van der Waals surface area contributed by atoms with Crippen molar-refractivity contribution in [2.75, 3.05) is 6.61 Å². The van der Waals surface area contributed by atoms with Crippen LogP contribution in [0.5, 0.6) is 0 Å². The molecule has 2 saturated heterocycles. The number of fused-ring (bicyclic) bond motifs is 3. The van der Waals surface area contributed by atoms with Crippen molar-refractivity contribution in [1.82, 2.24) is 14.9 Å². The van der Waals surface area contributed by atoms with Crippen molar-refractivity contribution in [1.29, 1.82) is 0 Å². The van der Waals surface area contributed by atoms with Gasteiger partial charge in [-0.2, -0.15) is 0 Å². The van der Waals surface area contributed by atoms with Crippen LogP contribution in [0.15, 0.2) is 30.6 Å². The number of para-hydroxylation sites is 2. The van der Waals surface area contributed by atoms with Gasteiger partial charge in [-0.1, -0.05) is 26.0 Å². The monoisotopic (exact) mass is 303 g/mol. The summed E-state index contributed by atoms with van der Waals surface area (Å²) in [6.07, 6.45) is 0.638. The van der Waals surface area contributed by atoms with Gasteiger partial charge in [0.2, 0.25) is 0 Å². The van der Waals surface area contributed by atoms with Crippen LogP contribution in [0.4, 0.5) is 0 Å². The molecule has 0 spiro atoms. The average Bonchev–Trinajstić information content (AvgIpc) is 3.10. The minimum Gasteiger partial charge on any atom is -0.389 e. The number of ether oxygens (including phenoxy) is 2. The Morgan fingerprint density at radius 2 is 2.18 bits per heavy atom. The number of rotatable bonds is 3. The number of aliphatic hydroxyl groups excluding tert-OH is 1. The summed E-state index contributed by atoms with van der Waals surface area (Å²) in [5.74, 6) is 0. The van der Waals surface area contributed by atoms with Gasteiger partial charge in [-0.05, 0) is 12.1 Å². The number of benzene rings is 1. The molecule has 3 heterocycles. The zero-order chi connectivity index (χ0) is 15.3. The van der Waals surface area contributed by atoms with E-state index in [1.54, 1.807) is 6.33 Å². The first kappa shape index (κ1) is 14.1. The van der Waals surface area contributed by atoms with E-state index in [2.05, 4.69) is 24.1 Å². The summed E-state index contributed by atoms with van der Waals surface area (Å²) in [5.41, 5.74) is 1.88. The number of aliphatic hydroxyl groups is 1. The van der Waals surface area contributed by atoms with Crippen molar-refractivity contribution in [2.45, 2.75) is 50.5 Å². The molecule has 2 aromatic rings. The highest BCUT2D eigenvalue weighted by atomic mass is 16.7. The summed E-state index contributed by atoms with van der Waals surface area (Å²) >= 11 is 0. The van der Waals surface area contributed by atoms with Crippen LogP contribution in [0.2, 0.25) is 0 Å². The Bertz CT molecular complexity index is 671. The van der Waals surface area contributed by atoms with Gasteiger partial charge in [-0.25, -0.2) is 4.98 Å². The second-order valence-corrected chi connectivity index (χ2v) is 6.35. The van der Waals surface area contributed by atoms with Crippen LogP contribution in [0.25, 0.3) is 11.0 Å². The fourth-order valence-electron chi connectivity index (χ4n) is 3.50. The van der Waals surface area contributed by atoms with Gasteiger partial charge in [-0.15, -0.1) is 0 Å². The third kappa shape index (κ3) is 2.14. The van der Waals surface area contributed by atoms with Crippen LogP contribution in [0, 0.1) is 0 Å². The summed E-state index contributed by atoms with van der Waals surface area (Å²) in [6.45, 7) is 4.64. The molecule has 0 saturated carbocycles. The standard InChI is InChI=1S/C16H21N3O3/c1-9(2)18-13-12-7-21-16(22-12)14(15(13)20)19-8-17-10-5-3-4-6-11(10)19/h3-6,8-9,12-16,18,20H,7H2,1-2H3/t12-,13-,14-,15+,16-/m1/s1. The Morgan fingerprint density at radius 1 is 1.36 bits per heavy atom. The van der Waals surface area contributed by atoms with Crippen LogP contribution < -0.4 is 5.32 Å². The van der Waals surface area contributed by atoms with Crippen molar-refractivity contribution in [3.63, 3.8) is 0 Å². The van der Waals surface area contributed by atoms with Gasteiger partial charge in [0.25, 0.3) is 0 Å². The lowest BCUT2D eigenvalue weighted by Crippen LogP contribution is -2.58. The number of hydrogen-bond acceptors (Lipinski definition) is 5. The predicted octanol–water partition coefficient (Wildman–Crippen LogP) is 1.06. The molecule has 22 heavy (non-hydrogen) atoms. The van der Waals surface area contributed by atoms with Crippen molar-refractivity contribution in [3.8, 4) is 0 Å². The van der Waals surface area contributed by atoms with E-state index in [1.165, 1.54) is 0 Å². The first-order valence-electron chi connectivity index (χ1n) is 7.78. The molecule has 4 rings (SSSR count). The van der Waals surface area contributed by atoms with Crippen molar-refractivity contribution < 1.29 is 14.6 Å². The molecule has 0 amide bonds. The molecular formula is C16H21N3O3. The van der Waals surface area contributed by atoms with E-state index in [9.17, 15) is 5.11 Å². The fourth-order valence-corrected chi connectivity index (χ4v) is 3.50. The van der Waals surface area contributed by atoms with Gasteiger partial charge in [0.1, 0.15) is 12.1 Å². The van der Waals surface area contributed by atoms with Crippen LogP contribution in [0.3, 0.4) is 0 Å². The van der Waals surface area contributed by atoms with Gasteiger partial charge in [0.15, 0.2) is 6.29 Å². The predicted molar refractivity (Wildman–Crippen MR) is 81.4 cm³/mol. The molecule has 2 N–H and O–H groups in total. The molecule has 0 radical (unpaired) electrons. The van der Waals surface area contributed by atoms with Gasteiger partial charge in [0.05, 0.1) is 36.1 Å². The summed E-state index contributed by atoms with van der Waals surface area (Å²) in [6, 6.07) is 7.70. The minimum atomic E-state index is -0.591. The summed E-state index contributed by atoms with van der Waals surface area (Å²) in [7, 11) is 0. The smallest absolute Gasteiger partial charge is 0.181 e. The molecule has 0 aliphatic carbocycles. The quantitative estimate of drug-likeness (QED) is 0.887. The molecule has 1 aromatic carbocycles. The van der Waals surface area contributed by atoms with E-state index < -0.39 is 12.4 Å². The van der Waals surface area contributed by atoms with Crippen molar-refractivity contribution >= 4 is 11.0 Å². The molecule has 2 aliphatic rings. The number of aromatic nitrogens is 2. The maximum Gasteiger partial charge on any atom is 0.181 e. The second-order valence-electron chi connectivity index (χ2n) is 6.35. The Labute approximate surface area is 129 Å². The van der Waals surface area contributed by atoms with Crippen LogP contribution in [0.1, 0.15) is 19.9 Å². The Hall–Kier alpha value is -1.47. The van der Waals surface area contributed by atoms with Crippen molar-refractivity contribution in [3.05, 3.63) is 30.6 Å². The molecule has 0 unspecified atom stereocenters. The summed E-state index contributed by atoms with van der Waals surface area (Å²) in [5, 5.41) is 14.3. The lowest BCUT2D eigenvalue weighted by atomic mass is 9.95. The highest BCUT2D eigenvalue weighted by Gasteiger charge is 2.51. The zero-order valence-electron chi connectivity index (χ0n) is 12.7. The van der Waals surface area contributed by atoms with E-state index in [0.717, 1.165) is 11.0 Å². The Balaban J connectivity index is 1.73. The highest BCUT2D eigenvalue weighted by molar-refractivity contribution is 5.75. The number of imidazole rings is 1. The molecular weight excluding hydrogens is 282 g/mol. The molecule has 2 aliphatic heterocycles. The molecule has 6 heteroatoms. The maximum atomic E-state index is 10.9. The summed E-state index contributed by atoms with van der Waals surface area (Å²) in [4.78, 5) is 4.42. The van der Waals surface area contributed by atoms with E-state index in [1.807, 2.05) is 28.8 Å². The third-order valence-electron chi connectivity index (χ3n) is 4.46. The molecule has 1 aromatic heterocycles. The largest absolute Gasteiger partial charge is 0.389 e. The third-order valence-corrected chi connectivity index (χ3v) is 4.46. The fraction of sp³-hybridized carbons (Fsp3) is 0.562. The van der Waals surface area contributed by atoms with E-state index in [0.29, 0.717) is 6.61 Å². The molecule has 2 bridgehead atoms. The van der Waals surface area contributed by atoms with Gasteiger partial charge in [0, 0.05) is 6.04 Å². The highest BCUT2D eigenvalue weighted by Crippen LogP contribution is 2.37. The normalized spacial score (nSPS) is 34.6. The van der Waals surface area contributed by atoms with Gasteiger partial charge in [-0.3, -0.25) is 0 Å². The molecule has 5 atom stereocenters. The second kappa shape index (κ2) is 5.31. The minimum absolute atomic E-state index is 0.103. The lowest BCUT2D eigenvalue weighted by Gasteiger charge is -2.40. The Morgan fingerprint density at radius 3 is 3.00 bits per heavy atom. The number of nitrogens with zero attached hydrogens (tertiary/aromatic N) is 2. The number of nitrogens with one attached hydrogen (secondary N) is 1. The number of hydrogen-bond donors (Lipinski definition) is 2. The van der Waals surface area contributed by atoms with Crippen molar-refractivity contribution in [2.24, 2.45) is 0 Å². The van der Waals surface area contributed by atoms with E-state index >= 15 is 0 Å². The van der Waals surface area contributed by atoms with Gasteiger partial charge >= 0.3 is 0 Å². The Kier molecular flexibility index (Phi) is 3.41. The SMILES string of the molecule is CC(C)N[C@H]1[C@H](O)[C@@H](n2cnc3ccccc32)[C@@H]2OC[C@H]1O2. The van der Waals surface area contributed by atoms with Crippen LogP contribution in [-0.2, 0) is 9.47 Å². The molecule has 118 valence electrons. The van der Waals surface area contributed by atoms with Crippen LogP contribution in [-0.4, -0.2) is 51.8 Å². The zero-order valence-corrected chi connectivity index (χ0v) is 12.7. The van der Waals surface area contributed by atoms with Crippen LogP contribution >= 0.6 is 0 Å². The average molecular weight is 303 g/mol. The molecule has 6 nitrogen and oxygen atoms in total. The lowest BCUT2D eigenvalue weighted by molar-refractivity contribution is -0.165. The van der Waals surface area contributed by atoms with E-state index in [4.69, 9.17) is 9.47 Å². The first-order chi connectivity index (χ1) is 10.6. The summed E-state index contributed by atoms with van der Waals surface area (Å²) < 4.78 is 13.7. The van der Waals surface area contributed by atoms with Gasteiger partial charge < -0.3 is 24.5 Å². The van der Waals surface area contributed by atoms with E-state index in [-0.39, 0.29) is 24.2 Å². The topological polar surface area (TPSA) is 68.5 Å².